The fourth-order valence-electron chi connectivity index (χ4n) is 2.95. The van der Waals surface area contributed by atoms with Crippen LogP contribution in [0.2, 0.25) is 0 Å². The van der Waals surface area contributed by atoms with E-state index in [0.717, 1.165) is 22.6 Å². The Balaban J connectivity index is 1.75. The lowest BCUT2D eigenvalue weighted by Crippen LogP contribution is -2.07. The first kappa shape index (κ1) is 23.7. The number of esters is 1. The van der Waals surface area contributed by atoms with Crippen LogP contribution in [0.1, 0.15) is 27.9 Å². The fraction of sp³-hybridized carbons (Fsp3) is 0.222. The van der Waals surface area contributed by atoms with Crippen LogP contribution in [0.15, 0.2) is 79.4 Å². The summed E-state index contributed by atoms with van der Waals surface area (Å²) in [6, 6.07) is 20.2. The quantitative estimate of drug-likeness (QED) is 0.204. The molecule has 0 saturated carbocycles. The fourth-order valence-corrected chi connectivity index (χ4v) is 2.95. The number of methoxy groups -OCH3 is 2. The van der Waals surface area contributed by atoms with E-state index in [1.807, 2.05) is 48.5 Å². The average Bonchev–Trinajstić information content (AvgIpc) is 2.87. The molecule has 0 aliphatic rings. The van der Waals surface area contributed by atoms with Crippen molar-refractivity contribution in [2.24, 2.45) is 0 Å². The van der Waals surface area contributed by atoms with Gasteiger partial charge in [-0.25, -0.2) is 4.79 Å². The van der Waals surface area contributed by atoms with Crippen molar-refractivity contribution in [2.45, 2.75) is 19.6 Å². The molecule has 0 saturated heterocycles. The molecule has 3 aromatic carbocycles. The molecule has 0 heterocycles. The maximum Gasteiger partial charge on any atom is 0.338 e. The molecular weight excluding hydrogens is 420 g/mol. The van der Waals surface area contributed by atoms with Gasteiger partial charge < -0.3 is 23.7 Å². The standard InChI is InChI=1S/C27H28O6/c1-4-5-16-31-27(28)22-10-15-25(32-18-20-6-11-23(29-2)12-7-20)26(17-22)33-19-21-8-13-24(30-3)14-9-21/h4,6-15,17H,1,5,16,18-19H2,2-3H3. The Hall–Kier alpha value is -3.93. The third-order valence-corrected chi connectivity index (χ3v) is 4.84. The molecule has 172 valence electrons. The van der Waals surface area contributed by atoms with E-state index in [0.29, 0.717) is 36.7 Å². The van der Waals surface area contributed by atoms with Gasteiger partial charge in [0.15, 0.2) is 11.5 Å². The number of benzene rings is 3. The summed E-state index contributed by atoms with van der Waals surface area (Å²) >= 11 is 0. The Labute approximate surface area is 194 Å². The predicted molar refractivity (Wildman–Crippen MR) is 126 cm³/mol. The van der Waals surface area contributed by atoms with Gasteiger partial charge >= 0.3 is 5.97 Å². The van der Waals surface area contributed by atoms with Gasteiger partial charge in [-0.1, -0.05) is 30.3 Å². The number of rotatable bonds is 12. The molecule has 0 bridgehead atoms. The second-order valence-corrected chi connectivity index (χ2v) is 7.15. The van der Waals surface area contributed by atoms with Gasteiger partial charge in [-0.05, 0) is 60.0 Å². The van der Waals surface area contributed by atoms with E-state index in [-0.39, 0.29) is 6.61 Å². The van der Waals surface area contributed by atoms with E-state index in [4.69, 9.17) is 23.7 Å². The normalized spacial score (nSPS) is 10.2. The molecule has 6 heteroatoms. The van der Waals surface area contributed by atoms with Crippen LogP contribution in [0.5, 0.6) is 23.0 Å². The van der Waals surface area contributed by atoms with Crippen LogP contribution in [0, 0.1) is 0 Å². The van der Waals surface area contributed by atoms with Gasteiger partial charge in [0.05, 0.1) is 26.4 Å². The Morgan fingerprint density at radius 1 is 0.788 bits per heavy atom. The predicted octanol–water partition coefficient (Wildman–Crippen LogP) is 5.59. The highest BCUT2D eigenvalue weighted by molar-refractivity contribution is 5.90. The molecular formula is C27H28O6. The van der Waals surface area contributed by atoms with Crippen molar-refractivity contribution in [3.05, 3.63) is 96.1 Å². The van der Waals surface area contributed by atoms with Crippen molar-refractivity contribution in [1.29, 1.82) is 0 Å². The topological polar surface area (TPSA) is 63.2 Å². The maximum atomic E-state index is 12.4. The Morgan fingerprint density at radius 2 is 1.33 bits per heavy atom. The molecule has 0 aliphatic heterocycles. The first-order valence-electron chi connectivity index (χ1n) is 10.6. The molecule has 0 amide bonds. The number of carbonyl (C=O) groups is 1. The zero-order chi connectivity index (χ0) is 23.5. The van der Waals surface area contributed by atoms with Crippen molar-refractivity contribution >= 4 is 5.97 Å². The SMILES string of the molecule is C=CCCOC(=O)c1ccc(OCc2ccc(OC)cc2)c(OCc2ccc(OC)cc2)c1. The van der Waals surface area contributed by atoms with Crippen LogP contribution in [0.25, 0.3) is 0 Å². The first-order chi connectivity index (χ1) is 16.1. The first-order valence-corrected chi connectivity index (χ1v) is 10.6. The number of ether oxygens (including phenoxy) is 5. The lowest BCUT2D eigenvalue weighted by Gasteiger charge is -2.15. The van der Waals surface area contributed by atoms with E-state index in [9.17, 15) is 4.79 Å². The molecule has 0 fully saturated rings. The largest absolute Gasteiger partial charge is 0.497 e. The van der Waals surface area contributed by atoms with Crippen LogP contribution in [-0.2, 0) is 18.0 Å². The van der Waals surface area contributed by atoms with E-state index < -0.39 is 5.97 Å². The van der Waals surface area contributed by atoms with Crippen molar-refractivity contribution in [3.8, 4) is 23.0 Å². The second kappa shape index (κ2) is 12.2. The maximum absolute atomic E-state index is 12.4. The summed E-state index contributed by atoms with van der Waals surface area (Å²) in [6.07, 6.45) is 2.29. The zero-order valence-electron chi connectivity index (χ0n) is 18.9. The summed E-state index contributed by atoms with van der Waals surface area (Å²) in [7, 11) is 3.25. The Morgan fingerprint density at radius 3 is 1.85 bits per heavy atom. The summed E-state index contributed by atoms with van der Waals surface area (Å²) in [5.41, 5.74) is 2.32. The molecule has 0 spiro atoms. The molecule has 0 radical (unpaired) electrons. The molecule has 33 heavy (non-hydrogen) atoms. The minimum Gasteiger partial charge on any atom is -0.497 e. The monoisotopic (exact) mass is 448 g/mol. The van der Waals surface area contributed by atoms with Crippen molar-refractivity contribution in [1.82, 2.24) is 0 Å². The molecule has 6 nitrogen and oxygen atoms in total. The average molecular weight is 449 g/mol. The second-order valence-electron chi connectivity index (χ2n) is 7.15. The van der Waals surface area contributed by atoms with Crippen LogP contribution in [-0.4, -0.2) is 26.8 Å². The van der Waals surface area contributed by atoms with Crippen molar-refractivity contribution < 1.29 is 28.5 Å². The number of hydrogen-bond acceptors (Lipinski definition) is 6. The smallest absolute Gasteiger partial charge is 0.338 e. The lowest BCUT2D eigenvalue weighted by atomic mass is 10.2. The minimum absolute atomic E-state index is 0.278. The Kier molecular flexibility index (Phi) is 8.77. The van der Waals surface area contributed by atoms with Gasteiger partial charge in [0.1, 0.15) is 24.7 Å². The van der Waals surface area contributed by atoms with Crippen LogP contribution < -0.4 is 18.9 Å². The van der Waals surface area contributed by atoms with Crippen LogP contribution >= 0.6 is 0 Å². The van der Waals surface area contributed by atoms with E-state index in [2.05, 4.69) is 6.58 Å². The molecule has 0 atom stereocenters. The summed E-state index contributed by atoms with van der Waals surface area (Å²) in [5, 5.41) is 0. The van der Waals surface area contributed by atoms with E-state index in [1.54, 1.807) is 38.5 Å². The third kappa shape index (κ3) is 7.04. The van der Waals surface area contributed by atoms with Gasteiger partial charge in [-0.2, -0.15) is 0 Å². The zero-order valence-corrected chi connectivity index (χ0v) is 18.9. The summed E-state index contributed by atoms with van der Waals surface area (Å²) in [5.74, 6) is 2.11. The highest BCUT2D eigenvalue weighted by Crippen LogP contribution is 2.31. The highest BCUT2D eigenvalue weighted by atomic mass is 16.5. The molecule has 3 rings (SSSR count). The van der Waals surface area contributed by atoms with Crippen molar-refractivity contribution in [3.63, 3.8) is 0 Å². The Bertz CT molecular complexity index is 1040. The molecule has 0 aliphatic carbocycles. The third-order valence-electron chi connectivity index (χ3n) is 4.84. The van der Waals surface area contributed by atoms with Crippen LogP contribution in [0.4, 0.5) is 0 Å². The minimum atomic E-state index is -0.423. The van der Waals surface area contributed by atoms with Crippen molar-refractivity contribution in [2.75, 3.05) is 20.8 Å². The lowest BCUT2D eigenvalue weighted by molar-refractivity contribution is 0.0511. The van der Waals surface area contributed by atoms with E-state index in [1.165, 1.54) is 0 Å². The number of carbonyl (C=O) groups excluding carboxylic acids is 1. The highest BCUT2D eigenvalue weighted by Gasteiger charge is 2.14. The molecule has 0 N–H and O–H groups in total. The summed E-state index contributed by atoms with van der Waals surface area (Å²) < 4.78 is 27.7. The summed E-state index contributed by atoms with van der Waals surface area (Å²) in [4.78, 5) is 12.4. The van der Waals surface area contributed by atoms with E-state index >= 15 is 0 Å². The summed E-state index contributed by atoms with van der Waals surface area (Å²) in [6.45, 7) is 4.55. The van der Waals surface area contributed by atoms with Gasteiger partial charge in [-0.15, -0.1) is 6.58 Å². The van der Waals surface area contributed by atoms with Gasteiger partial charge in [0.2, 0.25) is 0 Å². The molecule has 0 aromatic heterocycles. The van der Waals surface area contributed by atoms with Gasteiger partial charge in [-0.3, -0.25) is 0 Å². The molecule has 0 unspecified atom stereocenters. The number of hydrogen-bond donors (Lipinski definition) is 0. The molecule has 3 aromatic rings. The van der Waals surface area contributed by atoms with Crippen LogP contribution in [0.3, 0.4) is 0 Å². The van der Waals surface area contributed by atoms with Gasteiger partial charge in [0.25, 0.3) is 0 Å². The van der Waals surface area contributed by atoms with Gasteiger partial charge in [0, 0.05) is 0 Å².